The third kappa shape index (κ3) is 9.93. The number of aryl methyl sites for hydroxylation is 2. The number of nitrogens with one attached hydrogen (secondary N) is 1. The van der Waals surface area contributed by atoms with Gasteiger partial charge in [0.15, 0.2) is 0 Å². The summed E-state index contributed by atoms with van der Waals surface area (Å²) in [6, 6.07) is 15.9. The molecule has 1 unspecified atom stereocenters. The molecule has 29 heavy (non-hydrogen) atoms. The first kappa shape index (κ1) is 23.4. The van der Waals surface area contributed by atoms with E-state index in [0.29, 0.717) is 6.54 Å². The normalized spacial score (nSPS) is 12.2. The van der Waals surface area contributed by atoms with E-state index in [0.717, 1.165) is 56.6 Å². The van der Waals surface area contributed by atoms with Crippen LogP contribution in [0.1, 0.15) is 61.3 Å². The molecule has 0 aromatic heterocycles. The van der Waals surface area contributed by atoms with Crippen LogP contribution in [0.4, 0.5) is 0 Å². The van der Waals surface area contributed by atoms with E-state index in [9.17, 15) is 10.2 Å². The van der Waals surface area contributed by atoms with Gasteiger partial charge in [-0.15, -0.1) is 0 Å². The van der Waals surface area contributed by atoms with Crippen LogP contribution < -0.4 is 5.32 Å². The van der Waals surface area contributed by atoms with Crippen molar-refractivity contribution in [1.82, 2.24) is 5.32 Å². The summed E-state index contributed by atoms with van der Waals surface area (Å²) < 4.78 is 5.73. The maximum Gasteiger partial charge on any atom is 0.118 e. The lowest BCUT2D eigenvalue weighted by Crippen LogP contribution is -2.22. The second-order valence-corrected chi connectivity index (χ2v) is 7.74. The third-order valence-corrected chi connectivity index (χ3v) is 5.18. The van der Waals surface area contributed by atoms with Crippen molar-refractivity contribution in [1.29, 1.82) is 0 Å². The molecule has 0 saturated carbocycles. The zero-order valence-electron chi connectivity index (χ0n) is 17.8. The molecule has 160 valence electrons. The minimum Gasteiger partial charge on any atom is -0.508 e. The molecule has 2 rings (SSSR count). The Kier molecular flexibility index (Phi) is 11.4. The highest BCUT2D eigenvalue weighted by Crippen LogP contribution is 2.21. The van der Waals surface area contributed by atoms with E-state index >= 15 is 0 Å². The number of hydrogen-bond acceptors (Lipinski definition) is 4. The van der Waals surface area contributed by atoms with Gasteiger partial charge in [-0.25, -0.2) is 0 Å². The van der Waals surface area contributed by atoms with Crippen LogP contribution in [0.15, 0.2) is 48.5 Å². The molecule has 4 heteroatoms. The standard InChI is InChI=1S/C25H37NO3/c1-21-19-23(14-15-24(21)27)25(28)20-26-16-8-2-3-9-17-29-18-10-7-13-22-11-5-4-6-12-22/h4-6,11-12,14-15,19,25-28H,2-3,7-10,13,16-18,20H2,1H3. The summed E-state index contributed by atoms with van der Waals surface area (Å²) in [5, 5.41) is 23.1. The average molecular weight is 400 g/mol. The van der Waals surface area contributed by atoms with E-state index in [1.54, 1.807) is 12.1 Å². The highest BCUT2D eigenvalue weighted by Gasteiger charge is 2.08. The Morgan fingerprint density at radius 2 is 1.62 bits per heavy atom. The van der Waals surface area contributed by atoms with E-state index in [4.69, 9.17) is 4.74 Å². The van der Waals surface area contributed by atoms with Crippen molar-refractivity contribution in [2.45, 2.75) is 58.0 Å². The largest absolute Gasteiger partial charge is 0.508 e. The van der Waals surface area contributed by atoms with Crippen molar-refractivity contribution in [3.63, 3.8) is 0 Å². The number of aliphatic hydroxyl groups is 1. The number of benzene rings is 2. The molecule has 0 spiro atoms. The van der Waals surface area contributed by atoms with Crippen LogP contribution >= 0.6 is 0 Å². The Morgan fingerprint density at radius 3 is 2.38 bits per heavy atom. The van der Waals surface area contributed by atoms with Crippen LogP contribution in [-0.2, 0) is 11.2 Å². The van der Waals surface area contributed by atoms with Gasteiger partial charge in [-0.05, 0) is 74.4 Å². The second kappa shape index (κ2) is 14.2. The van der Waals surface area contributed by atoms with Crippen LogP contribution in [-0.4, -0.2) is 36.5 Å². The fourth-order valence-corrected chi connectivity index (χ4v) is 3.33. The number of aliphatic hydroxyl groups excluding tert-OH is 1. The molecule has 1 atom stereocenters. The number of ether oxygens (including phenoxy) is 1. The zero-order valence-corrected chi connectivity index (χ0v) is 17.8. The molecular weight excluding hydrogens is 362 g/mol. The number of aromatic hydroxyl groups is 1. The number of hydrogen-bond donors (Lipinski definition) is 3. The lowest BCUT2D eigenvalue weighted by molar-refractivity contribution is 0.126. The number of phenols is 1. The zero-order chi connectivity index (χ0) is 20.7. The Balaban J connectivity index is 1.36. The molecule has 0 aliphatic heterocycles. The second-order valence-electron chi connectivity index (χ2n) is 7.74. The van der Waals surface area contributed by atoms with Crippen molar-refractivity contribution in [2.75, 3.05) is 26.3 Å². The molecule has 0 aliphatic rings. The predicted molar refractivity (Wildman–Crippen MR) is 119 cm³/mol. The molecular formula is C25H37NO3. The van der Waals surface area contributed by atoms with Crippen molar-refractivity contribution < 1.29 is 14.9 Å². The Hall–Kier alpha value is -1.88. The highest BCUT2D eigenvalue weighted by molar-refractivity contribution is 5.35. The minimum absolute atomic E-state index is 0.269. The molecule has 2 aromatic rings. The van der Waals surface area contributed by atoms with Gasteiger partial charge >= 0.3 is 0 Å². The molecule has 2 aromatic carbocycles. The predicted octanol–water partition coefficient (Wildman–Crippen LogP) is 4.92. The van der Waals surface area contributed by atoms with E-state index in [-0.39, 0.29) is 5.75 Å². The molecule has 0 radical (unpaired) electrons. The summed E-state index contributed by atoms with van der Waals surface area (Å²) in [6.07, 6.45) is 7.51. The summed E-state index contributed by atoms with van der Waals surface area (Å²) >= 11 is 0. The van der Waals surface area contributed by atoms with Crippen LogP contribution in [0.2, 0.25) is 0 Å². The number of rotatable bonds is 15. The van der Waals surface area contributed by atoms with E-state index in [1.165, 1.54) is 24.8 Å². The van der Waals surface area contributed by atoms with Gasteiger partial charge < -0.3 is 20.3 Å². The first-order chi connectivity index (χ1) is 14.2. The average Bonchev–Trinajstić information content (AvgIpc) is 2.74. The Morgan fingerprint density at radius 1 is 0.897 bits per heavy atom. The quantitative estimate of drug-likeness (QED) is 0.372. The lowest BCUT2D eigenvalue weighted by atomic mass is 10.1. The van der Waals surface area contributed by atoms with Crippen LogP contribution in [0.25, 0.3) is 0 Å². The van der Waals surface area contributed by atoms with Gasteiger partial charge in [0, 0.05) is 19.8 Å². The van der Waals surface area contributed by atoms with Gasteiger partial charge in [0.05, 0.1) is 6.10 Å². The summed E-state index contributed by atoms with van der Waals surface area (Å²) in [5.41, 5.74) is 3.04. The van der Waals surface area contributed by atoms with Crippen LogP contribution in [0, 0.1) is 6.92 Å². The maximum absolute atomic E-state index is 10.2. The van der Waals surface area contributed by atoms with Crippen LogP contribution in [0.5, 0.6) is 5.75 Å². The van der Waals surface area contributed by atoms with Crippen molar-refractivity contribution in [3.8, 4) is 5.75 Å². The molecule has 4 nitrogen and oxygen atoms in total. The Labute approximate surface area is 175 Å². The molecule has 3 N–H and O–H groups in total. The fourth-order valence-electron chi connectivity index (χ4n) is 3.33. The number of phenolic OH excluding ortho intramolecular Hbond substituents is 1. The summed E-state index contributed by atoms with van der Waals surface area (Å²) in [4.78, 5) is 0. The van der Waals surface area contributed by atoms with E-state index < -0.39 is 6.10 Å². The van der Waals surface area contributed by atoms with Gasteiger partial charge in [-0.1, -0.05) is 49.2 Å². The minimum atomic E-state index is -0.537. The lowest BCUT2D eigenvalue weighted by Gasteiger charge is -2.13. The van der Waals surface area contributed by atoms with Crippen molar-refractivity contribution in [2.24, 2.45) is 0 Å². The van der Waals surface area contributed by atoms with E-state index in [2.05, 4.69) is 35.6 Å². The van der Waals surface area contributed by atoms with Gasteiger partial charge in [0.2, 0.25) is 0 Å². The number of unbranched alkanes of at least 4 members (excludes halogenated alkanes) is 4. The molecule has 0 fully saturated rings. The molecule has 0 heterocycles. The van der Waals surface area contributed by atoms with Gasteiger partial charge in [-0.3, -0.25) is 0 Å². The van der Waals surface area contributed by atoms with E-state index in [1.807, 2.05) is 13.0 Å². The smallest absolute Gasteiger partial charge is 0.118 e. The molecule has 0 amide bonds. The van der Waals surface area contributed by atoms with Crippen molar-refractivity contribution in [3.05, 3.63) is 65.2 Å². The first-order valence-electron chi connectivity index (χ1n) is 11.0. The fraction of sp³-hybridized carbons (Fsp3) is 0.520. The Bertz CT molecular complexity index is 675. The molecule has 0 bridgehead atoms. The molecule has 0 saturated heterocycles. The monoisotopic (exact) mass is 399 g/mol. The maximum atomic E-state index is 10.2. The topological polar surface area (TPSA) is 61.7 Å². The van der Waals surface area contributed by atoms with Crippen molar-refractivity contribution >= 4 is 0 Å². The van der Waals surface area contributed by atoms with Gasteiger partial charge in [0.1, 0.15) is 5.75 Å². The third-order valence-electron chi connectivity index (χ3n) is 5.18. The summed E-state index contributed by atoms with van der Waals surface area (Å²) in [5.74, 6) is 0.269. The highest BCUT2D eigenvalue weighted by atomic mass is 16.5. The summed E-state index contributed by atoms with van der Waals surface area (Å²) in [7, 11) is 0. The SMILES string of the molecule is Cc1cc(C(O)CNCCCCCCOCCCCc2ccccc2)ccc1O. The first-order valence-corrected chi connectivity index (χ1v) is 11.0. The molecule has 0 aliphatic carbocycles. The summed E-state index contributed by atoms with van der Waals surface area (Å²) in [6.45, 7) is 5.01. The van der Waals surface area contributed by atoms with Gasteiger partial charge in [-0.2, -0.15) is 0 Å². The van der Waals surface area contributed by atoms with Gasteiger partial charge in [0.25, 0.3) is 0 Å². The van der Waals surface area contributed by atoms with Crippen LogP contribution in [0.3, 0.4) is 0 Å².